The number of rotatable bonds is 5. The van der Waals surface area contributed by atoms with Gasteiger partial charge in [0.15, 0.2) is 17.5 Å². The summed E-state index contributed by atoms with van der Waals surface area (Å²) >= 11 is 0. The summed E-state index contributed by atoms with van der Waals surface area (Å²) < 4.78 is 43.7. The molecular formula is C12H12F3N3O. The second kappa shape index (κ2) is 5.83. The number of benzene rings is 1. The Morgan fingerprint density at radius 3 is 2.58 bits per heavy atom. The summed E-state index contributed by atoms with van der Waals surface area (Å²) in [6, 6.07) is 1.38. The van der Waals surface area contributed by atoms with E-state index in [9.17, 15) is 13.2 Å². The monoisotopic (exact) mass is 271 g/mol. The molecule has 0 radical (unpaired) electrons. The molecule has 0 saturated carbocycles. The minimum atomic E-state index is -1.19. The number of halogens is 3. The predicted molar refractivity (Wildman–Crippen MR) is 60.8 cm³/mol. The van der Waals surface area contributed by atoms with Crippen molar-refractivity contribution in [2.45, 2.75) is 19.9 Å². The lowest BCUT2D eigenvalue weighted by molar-refractivity contribution is 0.387. The predicted octanol–water partition coefficient (Wildman–Crippen LogP) is 2.13. The van der Waals surface area contributed by atoms with Gasteiger partial charge in [0, 0.05) is 38.1 Å². The number of nitrogens with zero attached hydrogens (tertiary/aromatic N) is 2. The zero-order valence-corrected chi connectivity index (χ0v) is 10.2. The Morgan fingerprint density at radius 1 is 1.16 bits per heavy atom. The van der Waals surface area contributed by atoms with Crippen molar-refractivity contribution in [2.24, 2.45) is 0 Å². The molecule has 102 valence electrons. The van der Waals surface area contributed by atoms with Gasteiger partial charge >= 0.3 is 0 Å². The standard InChI is InChI=1S/C12H12F3N3O/c1-7-17-12(18-19-7)2-3-16-6-8-4-10(14)11(15)5-9(8)13/h4-5,16H,2-3,6H2,1H3. The molecule has 0 unspecified atom stereocenters. The van der Waals surface area contributed by atoms with Gasteiger partial charge in [-0.1, -0.05) is 5.16 Å². The van der Waals surface area contributed by atoms with Gasteiger partial charge in [-0.05, 0) is 6.07 Å². The van der Waals surface area contributed by atoms with E-state index in [-0.39, 0.29) is 12.1 Å². The zero-order valence-electron chi connectivity index (χ0n) is 10.2. The number of nitrogens with one attached hydrogen (secondary N) is 1. The van der Waals surface area contributed by atoms with E-state index in [0.29, 0.717) is 30.7 Å². The summed E-state index contributed by atoms with van der Waals surface area (Å²) in [5, 5.41) is 6.59. The molecule has 0 bridgehead atoms. The first-order chi connectivity index (χ1) is 9.06. The van der Waals surface area contributed by atoms with E-state index in [1.807, 2.05) is 0 Å². The van der Waals surface area contributed by atoms with Crippen LogP contribution in [0.4, 0.5) is 13.2 Å². The lowest BCUT2D eigenvalue weighted by atomic mass is 10.2. The van der Waals surface area contributed by atoms with Crippen LogP contribution in [0, 0.1) is 24.4 Å². The van der Waals surface area contributed by atoms with Crippen LogP contribution in [-0.4, -0.2) is 16.7 Å². The molecule has 0 aliphatic carbocycles. The third-order valence-corrected chi connectivity index (χ3v) is 2.50. The van der Waals surface area contributed by atoms with Crippen molar-refractivity contribution < 1.29 is 17.7 Å². The third kappa shape index (κ3) is 3.54. The van der Waals surface area contributed by atoms with Crippen molar-refractivity contribution in [1.29, 1.82) is 0 Å². The van der Waals surface area contributed by atoms with E-state index in [1.54, 1.807) is 6.92 Å². The highest BCUT2D eigenvalue weighted by Gasteiger charge is 2.09. The van der Waals surface area contributed by atoms with Gasteiger partial charge in [-0.25, -0.2) is 13.2 Å². The van der Waals surface area contributed by atoms with Crippen LogP contribution in [0.15, 0.2) is 16.7 Å². The minimum absolute atomic E-state index is 0.0724. The van der Waals surface area contributed by atoms with Crippen molar-refractivity contribution in [2.75, 3.05) is 6.54 Å². The summed E-state index contributed by atoms with van der Waals surface area (Å²) in [4.78, 5) is 4.00. The molecule has 0 spiro atoms. The molecule has 1 aromatic heterocycles. The maximum Gasteiger partial charge on any atom is 0.223 e. The summed E-state index contributed by atoms with van der Waals surface area (Å²) in [5.41, 5.74) is 0.0724. The second-order valence-electron chi connectivity index (χ2n) is 4.01. The van der Waals surface area contributed by atoms with Gasteiger partial charge in [-0.15, -0.1) is 0 Å². The van der Waals surface area contributed by atoms with Gasteiger partial charge < -0.3 is 9.84 Å². The quantitative estimate of drug-likeness (QED) is 0.668. The van der Waals surface area contributed by atoms with Crippen LogP contribution in [0.2, 0.25) is 0 Å². The second-order valence-corrected chi connectivity index (χ2v) is 4.01. The van der Waals surface area contributed by atoms with Crippen LogP contribution in [-0.2, 0) is 13.0 Å². The van der Waals surface area contributed by atoms with Crippen molar-refractivity contribution >= 4 is 0 Å². The lowest BCUT2D eigenvalue weighted by Crippen LogP contribution is -2.18. The van der Waals surface area contributed by atoms with Crippen LogP contribution < -0.4 is 5.32 Å². The first-order valence-corrected chi connectivity index (χ1v) is 5.69. The van der Waals surface area contributed by atoms with Crippen LogP contribution in [0.5, 0.6) is 0 Å². The highest BCUT2D eigenvalue weighted by Crippen LogP contribution is 2.13. The summed E-state index contributed by atoms with van der Waals surface area (Å²) in [5.74, 6) is -2.02. The zero-order chi connectivity index (χ0) is 13.8. The minimum Gasteiger partial charge on any atom is -0.340 e. The van der Waals surface area contributed by atoms with Gasteiger partial charge in [0.2, 0.25) is 5.89 Å². The number of hydrogen-bond acceptors (Lipinski definition) is 4. The molecule has 0 aliphatic rings. The molecular weight excluding hydrogens is 259 g/mol. The van der Waals surface area contributed by atoms with Crippen molar-refractivity contribution in [3.8, 4) is 0 Å². The van der Waals surface area contributed by atoms with E-state index in [0.717, 1.165) is 6.07 Å². The molecule has 0 amide bonds. The molecule has 1 aromatic carbocycles. The average Bonchev–Trinajstić information content (AvgIpc) is 2.77. The molecule has 7 heteroatoms. The fourth-order valence-electron chi connectivity index (χ4n) is 1.57. The SMILES string of the molecule is Cc1nc(CCNCc2cc(F)c(F)cc2F)no1. The van der Waals surface area contributed by atoms with Crippen LogP contribution in [0.3, 0.4) is 0 Å². The van der Waals surface area contributed by atoms with E-state index < -0.39 is 17.5 Å². The molecule has 2 rings (SSSR count). The van der Waals surface area contributed by atoms with Gasteiger partial charge in [0.1, 0.15) is 5.82 Å². The molecule has 0 atom stereocenters. The Bertz CT molecular complexity index is 571. The molecule has 0 saturated heterocycles. The van der Waals surface area contributed by atoms with Crippen molar-refractivity contribution in [3.63, 3.8) is 0 Å². The Balaban J connectivity index is 1.84. The molecule has 0 aliphatic heterocycles. The lowest BCUT2D eigenvalue weighted by Gasteiger charge is -2.05. The fraction of sp³-hybridized carbons (Fsp3) is 0.333. The van der Waals surface area contributed by atoms with E-state index in [4.69, 9.17) is 4.52 Å². The van der Waals surface area contributed by atoms with Gasteiger partial charge in [0.05, 0.1) is 0 Å². The molecule has 0 fully saturated rings. The number of hydrogen-bond donors (Lipinski definition) is 1. The fourth-order valence-corrected chi connectivity index (χ4v) is 1.57. The van der Waals surface area contributed by atoms with Gasteiger partial charge in [-0.2, -0.15) is 4.98 Å². The largest absolute Gasteiger partial charge is 0.340 e. The smallest absolute Gasteiger partial charge is 0.223 e. The summed E-state index contributed by atoms with van der Waals surface area (Å²) in [6.45, 7) is 2.25. The maximum absolute atomic E-state index is 13.3. The summed E-state index contributed by atoms with van der Waals surface area (Å²) in [7, 11) is 0. The first kappa shape index (κ1) is 13.5. The van der Waals surface area contributed by atoms with Crippen molar-refractivity contribution in [3.05, 3.63) is 46.9 Å². The molecule has 19 heavy (non-hydrogen) atoms. The maximum atomic E-state index is 13.3. The Hall–Kier alpha value is -1.89. The van der Waals surface area contributed by atoms with Gasteiger partial charge in [-0.3, -0.25) is 0 Å². The van der Waals surface area contributed by atoms with Crippen LogP contribution in [0.25, 0.3) is 0 Å². The highest BCUT2D eigenvalue weighted by molar-refractivity contribution is 5.19. The third-order valence-electron chi connectivity index (χ3n) is 2.50. The topological polar surface area (TPSA) is 51.0 Å². The average molecular weight is 271 g/mol. The highest BCUT2D eigenvalue weighted by atomic mass is 19.2. The molecule has 2 aromatic rings. The molecule has 4 nitrogen and oxygen atoms in total. The number of aromatic nitrogens is 2. The first-order valence-electron chi connectivity index (χ1n) is 5.69. The van der Waals surface area contributed by atoms with E-state index in [2.05, 4.69) is 15.5 Å². The van der Waals surface area contributed by atoms with E-state index >= 15 is 0 Å². The van der Waals surface area contributed by atoms with E-state index in [1.165, 1.54) is 0 Å². The summed E-state index contributed by atoms with van der Waals surface area (Å²) in [6.07, 6.45) is 0.503. The Kier molecular flexibility index (Phi) is 4.16. The normalized spacial score (nSPS) is 10.9. The molecule has 1 N–H and O–H groups in total. The van der Waals surface area contributed by atoms with Crippen molar-refractivity contribution in [1.82, 2.24) is 15.5 Å². The van der Waals surface area contributed by atoms with Crippen LogP contribution in [0.1, 0.15) is 17.3 Å². The Labute approximate surface area is 107 Å². The number of aryl methyl sites for hydroxylation is 1. The molecule has 1 heterocycles. The van der Waals surface area contributed by atoms with Gasteiger partial charge in [0.25, 0.3) is 0 Å². The Morgan fingerprint density at radius 2 is 1.89 bits per heavy atom. The van der Waals surface area contributed by atoms with Crippen LogP contribution >= 0.6 is 0 Å².